The molecule has 20 heavy (non-hydrogen) atoms. The van der Waals surface area contributed by atoms with Crippen LogP contribution in [0, 0.1) is 6.92 Å². The second-order valence-corrected chi connectivity index (χ2v) is 5.65. The summed E-state index contributed by atoms with van der Waals surface area (Å²) in [5.74, 6) is 1.39. The molecule has 2 rings (SSSR count). The summed E-state index contributed by atoms with van der Waals surface area (Å²) >= 11 is 0. The summed E-state index contributed by atoms with van der Waals surface area (Å²) in [6.45, 7) is 7.87. The number of likely N-dealkylation sites (tertiary alicyclic amines) is 1. The van der Waals surface area contributed by atoms with Crippen LogP contribution in [0.4, 0.5) is 0 Å². The van der Waals surface area contributed by atoms with Gasteiger partial charge in [0.1, 0.15) is 5.82 Å². The molecule has 1 aromatic rings. The smallest absolute Gasteiger partial charge is 0.222 e. The van der Waals surface area contributed by atoms with E-state index in [9.17, 15) is 4.79 Å². The number of aryl methyl sites for hydroxylation is 2. The van der Waals surface area contributed by atoms with E-state index < -0.39 is 0 Å². The number of nitrogens with one attached hydrogen (secondary N) is 1. The van der Waals surface area contributed by atoms with E-state index in [1.165, 1.54) is 0 Å². The first kappa shape index (κ1) is 15.0. The van der Waals surface area contributed by atoms with E-state index in [4.69, 9.17) is 0 Å². The minimum atomic E-state index is 0.319. The molecule has 0 aromatic carbocycles. The Morgan fingerprint density at radius 2 is 2.25 bits per heavy atom. The molecule has 1 N–H and O–H groups in total. The van der Waals surface area contributed by atoms with Crippen molar-refractivity contribution in [3.05, 3.63) is 18.2 Å². The molecule has 0 saturated carbocycles. The molecular weight excluding hydrogens is 252 g/mol. The Balaban J connectivity index is 1.61. The number of hydrogen-bond donors (Lipinski definition) is 1. The van der Waals surface area contributed by atoms with Gasteiger partial charge in [0.15, 0.2) is 0 Å². The van der Waals surface area contributed by atoms with Gasteiger partial charge in [-0.2, -0.15) is 0 Å². The zero-order chi connectivity index (χ0) is 14.4. The maximum atomic E-state index is 11.7. The van der Waals surface area contributed by atoms with Crippen LogP contribution in [0.15, 0.2) is 12.4 Å². The van der Waals surface area contributed by atoms with E-state index in [1.54, 1.807) is 0 Å². The van der Waals surface area contributed by atoms with Crippen molar-refractivity contribution in [1.29, 1.82) is 0 Å². The van der Waals surface area contributed by atoms with Crippen molar-refractivity contribution in [2.75, 3.05) is 19.6 Å². The molecular formula is C15H26N4O. The first-order valence-corrected chi connectivity index (χ1v) is 7.65. The average molecular weight is 278 g/mol. The summed E-state index contributed by atoms with van der Waals surface area (Å²) < 4.78 is 2.17. The van der Waals surface area contributed by atoms with Gasteiger partial charge in [-0.15, -0.1) is 0 Å². The molecule has 5 nitrogen and oxygen atoms in total. The lowest BCUT2D eigenvalue weighted by atomic mass is 10.1. The molecule has 1 saturated heterocycles. The molecule has 0 aliphatic carbocycles. The maximum absolute atomic E-state index is 11.7. The van der Waals surface area contributed by atoms with Gasteiger partial charge >= 0.3 is 0 Å². The van der Waals surface area contributed by atoms with Crippen LogP contribution in [0.25, 0.3) is 0 Å². The van der Waals surface area contributed by atoms with Gasteiger partial charge in [0.2, 0.25) is 5.91 Å². The van der Waals surface area contributed by atoms with Gasteiger partial charge in [-0.1, -0.05) is 0 Å². The number of imidazole rings is 1. The third-order valence-electron chi connectivity index (χ3n) is 4.02. The van der Waals surface area contributed by atoms with Gasteiger partial charge in [0, 0.05) is 51.0 Å². The summed E-state index contributed by atoms with van der Waals surface area (Å²) in [6.07, 6.45) is 7.88. The molecule has 5 heteroatoms. The average Bonchev–Trinajstić information content (AvgIpc) is 2.84. The van der Waals surface area contributed by atoms with E-state index in [-0.39, 0.29) is 0 Å². The highest BCUT2D eigenvalue weighted by atomic mass is 16.2. The largest absolute Gasteiger partial charge is 0.341 e. The summed E-state index contributed by atoms with van der Waals surface area (Å²) in [5, 5.41) is 3.50. The van der Waals surface area contributed by atoms with Gasteiger partial charge in [-0.25, -0.2) is 4.98 Å². The predicted octanol–water partition coefficient (Wildman–Crippen LogP) is 1.57. The topological polar surface area (TPSA) is 50.2 Å². The standard InChI is InChI=1S/C15H26N4O/c1-13(6-10-18-11-8-17-14(18)2)16-7-12-19-9-4-3-5-15(19)20/h8,11,13,16H,3-7,9-10,12H2,1-2H3. The quantitative estimate of drug-likeness (QED) is 0.823. The molecule has 1 atom stereocenters. The molecule has 2 heterocycles. The molecule has 1 fully saturated rings. The monoisotopic (exact) mass is 278 g/mol. The molecule has 1 aliphatic rings. The van der Waals surface area contributed by atoms with Gasteiger partial charge in [0.25, 0.3) is 0 Å². The highest BCUT2D eigenvalue weighted by Gasteiger charge is 2.17. The van der Waals surface area contributed by atoms with Crippen LogP contribution < -0.4 is 5.32 Å². The van der Waals surface area contributed by atoms with Crippen molar-refractivity contribution < 1.29 is 4.79 Å². The summed E-state index contributed by atoms with van der Waals surface area (Å²) in [7, 11) is 0. The van der Waals surface area contributed by atoms with Crippen LogP contribution in [0.5, 0.6) is 0 Å². The summed E-state index contributed by atoms with van der Waals surface area (Å²) in [5.41, 5.74) is 0. The molecule has 0 radical (unpaired) electrons. The van der Waals surface area contributed by atoms with Crippen molar-refractivity contribution in [2.24, 2.45) is 0 Å². The zero-order valence-electron chi connectivity index (χ0n) is 12.6. The number of amides is 1. The first-order chi connectivity index (χ1) is 9.66. The third-order valence-corrected chi connectivity index (χ3v) is 4.02. The van der Waals surface area contributed by atoms with Crippen LogP contribution in [0.2, 0.25) is 0 Å². The predicted molar refractivity (Wildman–Crippen MR) is 79.5 cm³/mol. The van der Waals surface area contributed by atoms with Crippen LogP contribution in [0.1, 0.15) is 38.4 Å². The molecule has 1 aromatic heterocycles. The SMILES string of the molecule is Cc1nccn1CCC(C)NCCN1CCCCC1=O. The van der Waals surface area contributed by atoms with Crippen molar-refractivity contribution in [2.45, 2.75) is 52.1 Å². The number of rotatable bonds is 7. The minimum Gasteiger partial charge on any atom is -0.341 e. The second-order valence-electron chi connectivity index (χ2n) is 5.65. The number of nitrogens with zero attached hydrogens (tertiary/aromatic N) is 3. The maximum Gasteiger partial charge on any atom is 0.222 e. The Hall–Kier alpha value is -1.36. The van der Waals surface area contributed by atoms with E-state index in [2.05, 4.69) is 21.8 Å². The van der Waals surface area contributed by atoms with E-state index >= 15 is 0 Å². The number of aromatic nitrogens is 2. The van der Waals surface area contributed by atoms with Crippen LogP contribution in [-0.4, -0.2) is 46.0 Å². The highest BCUT2D eigenvalue weighted by Crippen LogP contribution is 2.09. The number of carbonyl (C=O) groups excluding carboxylic acids is 1. The lowest BCUT2D eigenvalue weighted by Crippen LogP contribution is -2.41. The fraction of sp³-hybridized carbons (Fsp3) is 0.733. The van der Waals surface area contributed by atoms with Crippen molar-refractivity contribution in [3.8, 4) is 0 Å². The van der Waals surface area contributed by atoms with E-state index in [0.717, 1.165) is 57.7 Å². The molecule has 0 bridgehead atoms. The Bertz CT molecular complexity index is 429. The normalized spacial score (nSPS) is 17.5. The van der Waals surface area contributed by atoms with Crippen molar-refractivity contribution in [3.63, 3.8) is 0 Å². The fourth-order valence-corrected chi connectivity index (χ4v) is 2.62. The lowest BCUT2D eigenvalue weighted by molar-refractivity contribution is -0.133. The van der Waals surface area contributed by atoms with Gasteiger partial charge in [0.05, 0.1) is 0 Å². The third kappa shape index (κ3) is 4.34. The summed E-state index contributed by atoms with van der Waals surface area (Å²) in [6, 6.07) is 0.455. The Morgan fingerprint density at radius 3 is 2.95 bits per heavy atom. The Kier molecular flexibility index (Phi) is 5.59. The van der Waals surface area contributed by atoms with Crippen molar-refractivity contribution in [1.82, 2.24) is 19.8 Å². The molecule has 1 unspecified atom stereocenters. The Labute approximate surface area is 121 Å². The van der Waals surface area contributed by atoms with E-state index in [0.29, 0.717) is 11.9 Å². The number of hydrogen-bond acceptors (Lipinski definition) is 3. The van der Waals surface area contributed by atoms with Crippen LogP contribution >= 0.6 is 0 Å². The first-order valence-electron chi connectivity index (χ1n) is 7.65. The number of piperidine rings is 1. The fourth-order valence-electron chi connectivity index (χ4n) is 2.62. The summed E-state index contributed by atoms with van der Waals surface area (Å²) in [4.78, 5) is 17.9. The minimum absolute atomic E-state index is 0.319. The van der Waals surface area contributed by atoms with Crippen LogP contribution in [0.3, 0.4) is 0 Å². The molecule has 0 spiro atoms. The molecule has 112 valence electrons. The van der Waals surface area contributed by atoms with Crippen LogP contribution in [-0.2, 0) is 11.3 Å². The number of carbonyl (C=O) groups is 1. The Morgan fingerprint density at radius 1 is 1.40 bits per heavy atom. The molecule has 1 amide bonds. The van der Waals surface area contributed by atoms with Gasteiger partial charge in [-0.05, 0) is 33.1 Å². The van der Waals surface area contributed by atoms with Gasteiger partial charge < -0.3 is 14.8 Å². The van der Waals surface area contributed by atoms with E-state index in [1.807, 2.05) is 24.2 Å². The second kappa shape index (κ2) is 7.43. The lowest BCUT2D eigenvalue weighted by Gasteiger charge is -2.27. The zero-order valence-corrected chi connectivity index (χ0v) is 12.6. The van der Waals surface area contributed by atoms with Gasteiger partial charge in [-0.3, -0.25) is 4.79 Å². The highest BCUT2D eigenvalue weighted by molar-refractivity contribution is 5.76. The van der Waals surface area contributed by atoms with Crippen molar-refractivity contribution >= 4 is 5.91 Å². The molecule has 1 aliphatic heterocycles.